The van der Waals surface area contributed by atoms with Gasteiger partial charge in [-0.3, -0.25) is 9.79 Å². The van der Waals surface area contributed by atoms with Gasteiger partial charge in [-0.2, -0.15) is 0 Å². The van der Waals surface area contributed by atoms with Crippen LogP contribution in [0.4, 0.5) is 0 Å². The van der Waals surface area contributed by atoms with Gasteiger partial charge in [-0.25, -0.2) is 9.36 Å². The van der Waals surface area contributed by atoms with Gasteiger partial charge in [-0.1, -0.05) is 12.0 Å². The number of aliphatic carboxylic acids is 1. The molecule has 3 unspecified atom stereocenters. The van der Waals surface area contributed by atoms with E-state index in [-0.39, 0.29) is 28.2 Å². The van der Waals surface area contributed by atoms with Crippen LogP contribution in [0.2, 0.25) is 0 Å². The predicted molar refractivity (Wildman–Crippen MR) is 109 cm³/mol. The molecule has 3 atom stereocenters. The minimum Gasteiger partial charge on any atom is -0.472 e. The van der Waals surface area contributed by atoms with Crippen LogP contribution in [0.3, 0.4) is 0 Å². The number of carbonyl (C=O) groups is 1. The van der Waals surface area contributed by atoms with E-state index >= 15 is 0 Å². The molecule has 0 amide bonds. The predicted octanol–water partition coefficient (Wildman–Crippen LogP) is 3.72. The Bertz CT molecular complexity index is 946. The Morgan fingerprint density at radius 3 is 2.47 bits per heavy atom. The lowest BCUT2D eigenvalue weighted by Crippen LogP contribution is -2.53. The number of methoxy groups -OCH3 is 1. The summed E-state index contributed by atoms with van der Waals surface area (Å²) >= 11 is 6.86. The molecule has 0 saturated heterocycles. The monoisotopic (exact) mass is 454 g/mol. The quantitative estimate of drug-likeness (QED) is 0.353. The van der Waals surface area contributed by atoms with Crippen LogP contribution in [0.1, 0.15) is 49.3 Å². The first-order chi connectivity index (χ1) is 14.1. The number of phosphoric acid groups is 1. The van der Waals surface area contributed by atoms with Gasteiger partial charge in [0.05, 0.1) is 11.7 Å². The number of phosphoric ester groups is 1. The van der Waals surface area contributed by atoms with Gasteiger partial charge >= 0.3 is 13.8 Å². The maximum atomic E-state index is 11.4. The van der Waals surface area contributed by atoms with Crippen LogP contribution in [0.25, 0.3) is 0 Å². The van der Waals surface area contributed by atoms with E-state index in [0.29, 0.717) is 17.8 Å². The highest BCUT2D eigenvalue weighted by Gasteiger charge is 2.56. The number of benzene rings is 1. The van der Waals surface area contributed by atoms with E-state index in [1.807, 2.05) is 5.92 Å². The lowest BCUT2D eigenvalue weighted by atomic mass is 9.50. The van der Waals surface area contributed by atoms with E-state index < -0.39 is 13.8 Å². The van der Waals surface area contributed by atoms with Crippen molar-refractivity contribution in [3.05, 3.63) is 29.3 Å². The molecule has 0 spiro atoms. The van der Waals surface area contributed by atoms with Gasteiger partial charge in [-0.15, -0.1) is 11.6 Å². The fraction of sp³-hybridized carbons (Fsp3) is 0.571. The summed E-state index contributed by atoms with van der Waals surface area (Å²) in [5.41, 5.74) is 0.812. The van der Waals surface area contributed by atoms with Gasteiger partial charge in [-0.05, 0) is 73.5 Å². The number of rotatable bonds is 5. The maximum absolute atomic E-state index is 11.4. The largest absolute Gasteiger partial charge is 0.524 e. The Labute approximate surface area is 180 Å². The summed E-state index contributed by atoms with van der Waals surface area (Å²) in [6, 6.07) is 4.77. The van der Waals surface area contributed by atoms with Crippen molar-refractivity contribution < 1.29 is 33.5 Å². The second kappa shape index (κ2) is 7.85. The average Bonchev–Trinajstić information content (AvgIpc) is 2.61. The van der Waals surface area contributed by atoms with Crippen LogP contribution < -0.4 is 4.52 Å². The van der Waals surface area contributed by atoms with Gasteiger partial charge in [0.2, 0.25) is 0 Å². The summed E-state index contributed by atoms with van der Waals surface area (Å²) in [5, 5.41) is 8.79. The Hall–Kier alpha value is -1.55. The molecule has 1 aromatic rings. The number of alkyl halides is 1. The fourth-order valence-electron chi connectivity index (χ4n) is 6.12. The third-order valence-corrected chi connectivity index (χ3v) is 7.63. The summed E-state index contributed by atoms with van der Waals surface area (Å²) in [6.07, 6.45) is 4.98. The standard InChI is InChI=1S/C21H24ClO7P/c1-28-20(19-15-6-12-7-16(19)11-21(22,9-12)10-15)14-3-2-13(4-5-18(23)24)17(8-14)29-30(25,26)27/h2-3,8,12,15-16,19-20H,6-7,9-11H2,1H3,(H,23,24)(H2,25,26,27). The molecule has 0 aromatic heterocycles. The molecule has 4 bridgehead atoms. The Morgan fingerprint density at radius 1 is 1.27 bits per heavy atom. The van der Waals surface area contributed by atoms with Crippen molar-refractivity contribution in [2.24, 2.45) is 23.7 Å². The van der Waals surface area contributed by atoms with Crippen LogP contribution in [-0.2, 0) is 14.1 Å². The Kier molecular flexibility index (Phi) is 5.67. The molecule has 0 heterocycles. The zero-order valence-corrected chi connectivity index (χ0v) is 18.1. The molecule has 7 nitrogen and oxygen atoms in total. The van der Waals surface area contributed by atoms with E-state index in [1.54, 1.807) is 13.2 Å². The molecular formula is C21H24ClO7P. The minimum atomic E-state index is -4.86. The fourth-order valence-corrected chi connectivity index (χ4v) is 7.14. The van der Waals surface area contributed by atoms with Gasteiger partial charge in [0.15, 0.2) is 0 Å². The number of carboxylic acid groups (broad SMARTS) is 1. The van der Waals surface area contributed by atoms with Crippen molar-refractivity contribution >= 4 is 25.4 Å². The number of ether oxygens (including phenoxy) is 1. The van der Waals surface area contributed by atoms with E-state index in [1.165, 1.54) is 12.1 Å². The number of hydrogen-bond acceptors (Lipinski definition) is 4. The van der Waals surface area contributed by atoms with Crippen molar-refractivity contribution in [1.82, 2.24) is 0 Å². The van der Waals surface area contributed by atoms with E-state index in [4.69, 9.17) is 26.0 Å². The van der Waals surface area contributed by atoms with Crippen molar-refractivity contribution in [1.29, 1.82) is 0 Å². The molecule has 1 aromatic carbocycles. The highest BCUT2D eigenvalue weighted by atomic mass is 35.5. The summed E-state index contributed by atoms with van der Waals surface area (Å²) in [5.74, 6) is 4.63. The van der Waals surface area contributed by atoms with Gasteiger partial charge in [0, 0.05) is 17.9 Å². The Morgan fingerprint density at radius 2 is 1.93 bits per heavy atom. The first kappa shape index (κ1) is 21.7. The summed E-state index contributed by atoms with van der Waals surface area (Å²) in [7, 11) is -3.22. The van der Waals surface area contributed by atoms with Gasteiger partial charge in [0.1, 0.15) is 5.75 Å². The van der Waals surface area contributed by atoms with Gasteiger partial charge in [0.25, 0.3) is 0 Å². The van der Waals surface area contributed by atoms with E-state index in [0.717, 1.165) is 37.7 Å². The first-order valence-corrected chi connectivity index (χ1v) is 11.8. The molecule has 4 aliphatic rings. The topological polar surface area (TPSA) is 113 Å². The molecule has 9 heteroatoms. The SMILES string of the molecule is COC(c1ccc(C#CC(=O)O)c(OP(=O)(O)O)c1)C1C2CC3CC1CC(Cl)(C3)C2. The summed E-state index contributed by atoms with van der Waals surface area (Å²) < 4.78 is 22.2. The van der Waals surface area contributed by atoms with Crippen LogP contribution in [0.5, 0.6) is 5.75 Å². The maximum Gasteiger partial charge on any atom is 0.524 e. The number of hydrogen-bond donors (Lipinski definition) is 3. The molecule has 4 saturated carbocycles. The molecule has 4 fully saturated rings. The lowest BCUT2D eigenvalue weighted by molar-refractivity contribution is -0.130. The lowest BCUT2D eigenvalue weighted by Gasteiger charge is -2.59. The normalized spacial score (nSPS) is 32.9. The van der Waals surface area contributed by atoms with Gasteiger partial charge < -0.3 is 14.4 Å². The average molecular weight is 455 g/mol. The molecule has 5 rings (SSSR count). The zero-order valence-electron chi connectivity index (χ0n) is 16.5. The highest BCUT2D eigenvalue weighted by molar-refractivity contribution is 7.46. The van der Waals surface area contributed by atoms with Crippen molar-refractivity contribution in [2.45, 2.75) is 43.1 Å². The first-order valence-electron chi connectivity index (χ1n) is 9.93. The van der Waals surface area contributed by atoms with Crippen LogP contribution in [0, 0.1) is 35.5 Å². The number of halogens is 1. The second-order valence-electron chi connectivity index (χ2n) is 8.75. The molecular weight excluding hydrogens is 431 g/mol. The van der Waals surface area contributed by atoms with E-state index in [2.05, 4.69) is 5.92 Å². The van der Waals surface area contributed by atoms with Crippen LogP contribution in [0.15, 0.2) is 18.2 Å². The van der Waals surface area contributed by atoms with Crippen molar-refractivity contribution in [3.63, 3.8) is 0 Å². The number of carboxylic acids is 1. The minimum absolute atomic E-state index is 0.0871. The molecule has 0 radical (unpaired) electrons. The zero-order chi connectivity index (χ0) is 21.7. The molecule has 4 aliphatic carbocycles. The Balaban J connectivity index is 1.68. The summed E-state index contributed by atoms with van der Waals surface area (Å²) in [6.45, 7) is 0. The van der Waals surface area contributed by atoms with Crippen molar-refractivity contribution in [3.8, 4) is 17.6 Å². The summed E-state index contributed by atoms with van der Waals surface area (Å²) in [4.78, 5) is 29.2. The molecule has 3 N–H and O–H groups in total. The third-order valence-electron chi connectivity index (χ3n) is 6.73. The smallest absolute Gasteiger partial charge is 0.472 e. The van der Waals surface area contributed by atoms with Crippen molar-refractivity contribution in [2.75, 3.05) is 7.11 Å². The molecule has 0 aliphatic heterocycles. The van der Waals surface area contributed by atoms with Crippen LogP contribution in [-0.4, -0.2) is 32.8 Å². The third kappa shape index (κ3) is 4.39. The highest BCUT2D eigenvalue weighted by Crippen LogP contribution is 2.63. The van der Waals surface area contributed by atoms with Crippen LogP contribution >= 0.6 is 19.4 Å². The second-order valence-corrected chi connectivity index (χ2v) is 10.7. The molecule has 30 heavy (non-hydrogen) atoms. The molecule has 162 valence electrons. The van der Waals surface area contributed by atoms with E-state index in [9.17, 15) is 19.1 Å².